The van der Waals surface area contributed by atoms with Crippen LogP contribution in [0.2, 0.25) is 0 Å². The molecule has 2 heterocycles. The zero-order valence-corrected chi connectivity index (χ0v) is 14.0. The summed E-state index contributed by atoms with van der Waals surface area (Å²) in [6.07, 6.45) is 2.35. The maximum Gasteiger partial charge on any atom is 0.302 e. The molecular formula is C14H20FN3O4S. The van der Waals surface area contributed by atoms with E-state index in [0.29, 0.717) is 17.7 Å². The molecule has 1 saturated heterocycles. The zero-order valence-electron chi connectivity index (χ0n) is 13.1. The molecule has 7 nitrogen and oxygen atoms in total. The number of carbonyl (C=O) groups excluding carboxylic acids is 1. The molecule has 23 heavy (non-hydrogen) atoms. The molecule has 1 aromatic rings. The second kappa shape index (κ2) is 6.77. The lowest BCUT2D eigenvalue weighted by atomic mass is 10.1. The van der Waals surface area contributed by atoms with E-state index in [4.69, 9.17) is 0 Å². The van der Waals surface area contributed by atoms with Gasteiger partial charge in [0.1, 0.15) is 0 Å². The molecule has 1 fully saturated rings. The number of aromatic nitrogens is 2. The molecule has 0 saturated carbocycles. The number of hydrogen-bond acceptors (Lipinski definition) is 5. The molecule has 1 atom stereocenters. The normalized spacial score (nSPS) is 18.7. The highest BCUT2D eigenvalue weighted by atomic mass is 32.3. The van der Waals surface area contributed by atoms with Gasteiger partial charge in [-0.15, -0.1) is 3.89 Å². The van der Waals surface area contributed by atoms with Crippen molar-refractivity contribution in [2.24, 2.45) is 5.92 Å². The molecule has 0 radical (unpaired) electrons. The highest BCUT2D eigenvalue weighted by Gasteiger charge is 2.35. The van der Waals surface area contributed by atoms with E-state index in [9.17, 15) is 21.9 Å². The Hall–Kier alpha value is -1.77. The van der Waals surface area contributed by atoms with Crippen LogP contribution < -0.4 is 10.5 Å². The lowest BCUT2D eigenvalue weighted by Gasteiger charge is -2.16. The highest BCUT2D eigenvalue weighted by molar-refractivity contribution is 7.86. The van der Waals surface area contributed by atoms with Gasteiger partial charge in [-0.05, 0) is 19.8 Å². The van der Waals surface area contributed by atoms with E-state index in [0.717, 1.165) is 12.8 Å². The molecule has 0 aromatic carbocycles. The quantitative estimate of drug-likeness (QED) is 0.778. The van der Waals surface area contributed by atoms with E-state index in [2.05, 4.69) is 9.97 Å². The summed E-state index contributed by atoms with van der Waals surface area (Å²) in [4.78, 5) is 32.2. The first-order chi connectivity index (χ1) is 10.7. The molecule has 1 aromatic heterocycles. The summed E-state index contributed by atoms with van der Waals surface area (Å²) in [6.45, 7) is 3.75. The van der Waals surface area contributed by atoms with E-state index < -0.39 is 21.9 Å². The molecular weight excluding hydrogens is 325 g/mol. The van der Waals surface area contributed by atoms with E-state index in [1.54, 1.807) is 6.92 Å². The van der Waals surface area contributed by atoms with Crippen LogP contribution in [0.25, 0.3) is 0 Å². The van der Waals surface area contributed by atoms with Crippen LogP contribution in [0, 0.1) is 12.8 Å². The van der Waals surface area contributed by atoms with Crippen molar-refractivity contribution < 1.29 is 17.1 Å². The molecule has 1 N–H and O–H groups in total. The SMILES string of the molecule is CCCCc1c(C)nc(N2CC(CS(=O)(=O)F)CC2=O)[nH]c1=O. The summed E-state index contributed by atoms with van der Waals surface area (Å²) in [6, 6.07) is 0. The molecule has 0 bridgehead atoms. The Bertz CT molecular complexity index is 760. The fraction of sp³-hybridized carbons (Fsp3) is 0.643. The summed E-state index contributed by atoms with van der Waals surface area (Å²) in [5.74, 6) is -1.62. The molecule has 1 aliphatic rings. The molecule has 0 spiro atoms. The van der Waals surface area contributed by atoms with Gasteiger partial charge in [-0.1, -0.05) is 13.3 Å². The summed E-state index contributed by atoms with van der Waals surface area (Å²) >= 11 is 0. The van der Waals surface area contributed by atoms with Crippen molar-refractivity contribution in [2.45, 2.75) is 39.5 Å². The van der Waals surface area contributed by atoms with Gasteiger partial charge in [-0.25, -0.2) is 4.98 Å². The predicted molar refractivity (Wildman–Crippen MR) is 83.6 cm³/mol. The highest BCUT2D eigenvalue weighted by Crippen LogP contribution is 2.23. The average Bonchev–Trinajstić information content (AvgIpc) is 2.76. The van der Waals surface area contributed by atoms with Crippen molar-refractivity contribution in [3.63, 3.8) is 0 Å². The summed E-state index contributed by atoms with van der Waals surface area (Å²) < 4.78 is 34.2. The molecule has 9 heteroatoms. The Morgan fingerprint density at radius 2 is 2.09 bits per heavy atom. The average molecular weight is 345 g/mol. The van der Waals surface area contributed by atoms with Crippen LogP contribution in [0.3, 0.4) is 0 Å². The Labute approximate surface area is 134 Å². The molecule has 1 unspecified atom stereocenters. The zero-order chi connectivity index (χ0) is 17.2. The Morgan fingerprint density at radius 1 is 1.39 bits per heavy atom. The van der Waals surface area contributed by atoms with E-state index in [1.807, 2.05) is 6.92 Å². The maximum atomic E-state index is 12.8. The summed E-state index contributed by atoms with van der Waals surface area (Å²) in [5, 5.41) is 0. The number of rotatable bonds is 6. The number of halogens is 1. The lowest BCUT2D eigenvalue weighted by Crippen LogP contribution is -2.30. The van der Waals surface area contributed by atoms with E-state index in [1.165, 1.54) is 4.90 Å². The molecule has 0 aliphatic carbocycles. The first-order valence-corrected chi connectivity index (χ1v) is 9.09. The topological polar surface area (TPSA) is 100 Å². The number of aryl methyl sites for hydroxylation is 1. The third-order valence-corrected chi connectivity index (χ3v) is 4.76. The minimum absolute atomic E-state index is 0.0265. The van der Waals surface area contributed by atoms with E-state index in [-0.39, 0.29) is 30.4 Å². The first-order valence-electron chi connectivity index (χ1n) is 7.53. The number of anilines is 1. The lowest BCUT2D eigenvalue weighted by molar-refractivity contribution is -0.117. The van der Waals surface area contributed by atoms with Crippen LogP contribution in [0.1, 0.15) is 37.4 Å². The number of amides is 1. The second-order valence-electron chi connectivity index (χ2n) is 5.84. The van der Waals surface area contributed by atoms with Crippen molar-refractivity contribution in [1.82, 2.24) is 9.97 Å². The van der Waals surface area contributed by atoms with Crippen LogP contribution >= 0.6 is 0 Å². The van der Waals surface area contributed by atoms with Gasteiger partial charge in [-0.3, -0.25) is 19.5 Å². The van der Waals surface area contributed by atoms with Crippen molar-refractivity contribution in [3.05, 3.63) is 21.6 Å². The minimum atomic E-state index is -4.64. The Kier molecular flexibility index (Phi) is 5.18. The standard InChI is InChI=1S/C14H20FN3O4S/c1-3-4-5-11-9(2)16-14(17-13(11)20)18-7-10(6-12(18)19)8-23(15,21)22/h10H,3-8H2,1-2H3,(H,16,17,20). The van der Waals surface area contributed by atoms with Crippen LogP contribution in [-0.2, 0) is 21.4 Å². The van der Waals surface area contributed by atoms with E-state index >= 15 is 0 Å². The molecule has 2 rings (SSSR count). The number of hydrogen-bond donors (Lipinski definition) is 1. The number of nitrogens with one attached hydrogen (secondary N) is 1. The second-order valence-corrected chi connectivity index (χ2v) is 7.25. The van der Waals surface area contributed by atoms with Crippen LogP contribution in [0.5, 0.6) is 0 Å². The third kappa shape index (κ3) is 4.37. The van der Waals surface area contributed by atoms with Crippen LogP contribution in [-0.4, -0.2) is 36.6 Å². The molecule has 1 aliphatic heterocycles. The largest absolute Gasteiger partial charge is 0.302 e. The van der Waals surface area contributed by atoms with Gasteiger partial charge in [0, 0.05) is 30.1 Å². The monoisotopic (exact) mass is 345 g/mol. The van der Waals surface area contributed by atoms with Crippen molar-refractivity contribution >= 4 is 22.1 Å². The van der Waals surface area contributed by atoms with Crippen molar-refractivity contribution in [2.75, 3.05) is 17.2 Å². The maximum absolute atomic E-state index is 12.8. The van der Waals surface area contributed by atoms with Gasteiger partial charge in [0.25, 0.3) is 5.56 Å². The number of aromatic amines is 1. The molecule has 1 amide bonds. The van der Waals surface area contributed by atoms with Crippen LogP contribution in [0.4, 0.5) is 9.83 Å². The number of H-pyrrole nitrogens is 1. The van der Waals surface area contributed by atoms with Crippen molar-refractivity contribution in [3.8, 4) is 0 Å². The Balaban J connectivity index is 2.22. The number of nitrogens with zero attached hydrogens (tertiary/aromatic N) is 2. The van der Waals surface area contributed by atoms with Gasteiger partial charge in [0.2, 0.25) is 11.9 Å². The molecule has 128 valence electrons. The summed E-state index contributed by atoms with van der Waals surface area (Å²) in [7, 11) is -4.64. The predicted octanol–water partition coefficient (Wildman–Crippen LogP) is 1.07. The van der Waals surface area contributed by atoms with Gasteiger partial charge >= 0.3 is 10.2 Å². The first kappa shape index (κ1) is 17.6. The fourth-order valence-electron chi connectivity index (χ4n) is 2.75. The Morgan fingerprint density at radius 3 is 2.65 bits per heavy atom. The van der Waals surface area contributed by atoms with Gasteiger partial charge in [-0.2, -0.15) is 8.42 Å². The van der Waals surface area contributed by atoms with Gasteiger partial charge < -0.3 is 0 Å². The number of carbonyl (C=O) groups is 1. The van der Waals surface area contributed by atoms with Gasteiger partial charge in [0.05, 0.1) is 5.75 Å². The third-order valence-electron chi connectivity index (χ3n) is 3.89. The van der Waals surface area contributed by atoms with Crippen molar-refractivity contribution in [1.29, 1.82) is 0 Å². The van der Waals surface area contributed by atoms with Gasteiger partial charge in [0.15, 0.2) is 0 Å². The summed E-state index contributed by atoms with van der Waals surface area (Å²) in [5.41, 5.74) is 0.840. The minimum Gasteiger partial charge on any atom is -0.292 e. The number of unbranched alkanes of at least 4 members (excludes halogenated alkanes) is 1. The van der Waals surface area contributed by atoms with Crippen LogP contribution in [0.15, 0.2) is 4.79 Å². The smallest absolute Gasteiger partial charge is 0.292 e. The fourth-order valence-corrected chi connectivity index (χ4v) is 3.54.